The van der Waals surface area contributed by atoms with Crippen molar-refractivity contribution in [3.63, 3.8) is 0 Å². The molecule has 1 aliphatic rings. The highest BCUT2D eigenvalue weighted by Gasteiger charge is 2.34. The fourth-order valence-electron chi connectivity index (χ4n) is 5.33. The molecule has 11 heteroatoms. The molecule has 0 unspecified atom stereocenters. The molecular formula is C36H29N3O8. The van der Waals surface area contributed by atoms with Gasteiger partial charge in [0.2, 0.25) is 17.3 Å². The lowest BCUT2D eigenvalue weighted by Crippen LogP contribution is -2.23. The number of methoxy groups -OCH3 is 4. The summed E-state index contributed by atoms with van der Waals surface area (Å²) in [6.07, 6.45) is 3.71. The van der Waals surface area contributed by atoms with E-state index in [2.05, 4.69) is 10.3 Å². The molecule has 47 heavy (non-hydrogen) atoms. The van der Waals surface area contributed by atoms with E-state index in [1.54, 1.807) is 82.0 Å². The largest absolute Gasteiger partial charge is 0.493 e. The van der Waals surface area contributed by atoms with Gasteiger partial charge in [0.05, 0.1) is 40.5 Å². The minimum absolute atomic E-state index is 0.00977. The number of rotatable bonds is 10. The maximum Gasteiger partial charge on any atom is 0.343 e. The van der Waals surface area contributed by atoms with Crippen LogP contribution >= 0.6 is 0 Å². The molecule has 1 aromatic heterocycles. The number of hydrogen-bond acceptors (Lipinski definition) is 10. The predicted molar refractivity (Wildman–Crippen MR) is 172 cm³/mol. The van der Waals surface area contributed by atoms with Gasteiger partial charge in [-0.05, 0) is 53.1 Å². The van der Waals surface area contributed by atoms with Crippen LogP contribution in [0.25, 0.3) is 12.2 Å². The van der Waals surface area contributed by atoms with Crippen molar-refractivity contribution < 1.29 is 38.1 Å². The second-order valence-corrected chi connectivity index (χ2v) is 10.4. The summed E-state index contributed by atoms with van der Waals surface area (Å²) in [5, 5.41) is 8.08. The Morgan fingerprint density at radius 1 is 0.702 bits per heavy atom. The van der Waals surface area contributed by atoms with Crippen molar-refractivity contribution in [2.45, 2.75) is 6.54 Å². The van der Waals surface area contributed by atoms with E-state index < -0.39 is 5.97 Å². The molecular weight excluding hydrogens is 602 g/mol. The summed E-state index contributed by atoms with van der Waals surface area (Å²) in [7, 11) is 6.13. The van der Waals surface area contributed by atoms with E-state index in [4.69, 9.17) is 23.7 Å². The highest BCUT2D eigenvalue weighted by atomic mass is 16.6. The molecule has 1 heterocycles. The Morgan fingerprint density at radius 2 is 1.36 bits per heavy atom. The van der Waals surface area contributed by atoms with E-state index in [9.17, 15) is 14.4 Å². The van der Waals surface area contributed by atoms with Crippen LogP contribution in [0.4, 0.5) is 0 Å². The number of ether oxygens (including phenoxy) is 5. The van der Waals surface area contributed by atoms with Crippen LogP contribution in [0.1, 0.15) is 59.2 Å². The molecule has 4 aromatic carbocycles. The Hall–Kier alpha value is -6.23. The molecule has 0 amide bonds. The molecule has 0 spiro atoms. The van der Waals surface area contributed by atoms with Crippen LogP contribution in [0.3, 0.4) is 0 Å². The summed E-state index contributed by atoms with van der Waals surface area (Å²) >= 11 is 0. The maximum absolute atomic E-state index is 13.3. The van der Waals surface area contributed by atoms with Crippen molar-refractivity contribution in [1.82, 2.24) is 15.0 Å². The quantitative estimate of drug-likeness (QED) is 0.108. The number of carbonyl (C=O) groups is 3. The van der Waals surface area contributed by atoms with Gasteiger partial charge < -0.3 is 23.7 Å². The first kappa shape index (κ1) is 30.8. The smallest absolute Gasteiger partial charge is 0.343 e. The van der Waals surface area contributed by atoms with Crippen LogP contribution in [-0.2, 0) is 6.54 Å². The summed E-state index contributed by atoms with van der Waals surface area (Å²) < 4.78 is 28.9. The minimum atomic E-state index is -0.614. The fourth-order valence-corrected chi connectivity index (χ4v) is 5.33. The second-order valence-electron chi connectivity index (χ2n) is 10.4. The van der Waals surface area contributed by atoms with Gasteiger partial charge in [-0.15, -0.1) is 5.10 Å². The average Bonchev–Trinajstić information content (AvgIpc) is 3.53. The van der Waals surface area contributed by atoms with E-state index in [1.807, 2.05) is 30.4 Å². The monoisotopic (exact) mass is 631 g/mol. The summed E-state index contributed by atoms with van der Waals surface area (Å²) in [5.74, 6) is 0.830. The number of benzene rings is 4. The van der Waals surface area contributed by atoms with Crippen molar-refractivity contribution in [2.75, 3.05) is 28.4 Å². The summed E-state index contributed by atoms with van der Waals surface area (Å²) in [5.41, 5.74) is 3.20. The number of ketones is 2. The van der Waals surface area contributed by atoms with Crippen LogP contribution in [-0.4, -0.2) is 61.0 Å². The number of carbonyl (C=O) groups excluding carboxylic acids is 3. The molecule has 11 nitrogen and oxygen atoms in total. The number of nitrogens with zero attached hydrogens (tertiary/aromatic N) is 3. The second kappa shape index (κ2) is 13.0. The lowest BCUT2D eigenvalue weighted by Gasteiger charge is -2.14. The Labute approximate surface area is 269 Å². The van der Waals surface area contributed by atoms with E-state index in [1.165, 1.54) is 11.8 Å². The summed E-state index contributed by atoms with van der Waals surface area (Å²) in [4.78, 5) is 39.5. The van der Waals surface area contributed by atoms with Crippen molar-refractivity contribution in [3.05, 3.63) is 124 Å². The number of fused-ring (bicyclic) bond motifs is 2. The number of hydrogen-bond donors (Lipinski definition) is 0. The van der Waals surface area contributed by atoms with Crippen molar-refractivity contribution in [1.29, 1.82) is 0 Å². The predicted octanol–water partition coefficient (Wildman–Crippen LogP) is 5.53. The van der Waals surface area contributed by atoms with Gasteiger partial charge >= 0.3 is 5.97 Å². The van der Waals surface area contributed by atoms with Crippen molar-refractivity contribution in [3.8, 4) is 28.7 Å². The van der Waals surface area contributed by atoms with Gasteiger partial charge in [0.15, 0.2) is 28.7 Å². The van der Waals surface area contributed by atoms with Gasteiger partial charge in [-0.25, -0.2) is 9.48 Å². The maximum atomic E-state index is 13.3. The zero-order chi connectivity index (χ0) is 33.1. The molecule has 0 fully saturated rings. The first-order valence-electron chi connectivity index (χ1n) is 14.4. The van der Waals surface area contributed by atoms with Crippen LogP contribution in [0, 0.1) is 0 Å². The molecule has 0 saturated carbocycles. The number of aromatic nitrogens is 3. The van der Waals surface area contributed by atoms with E-state index >= 15 is 0 Å². The lowest BCUT2D eigenvalue weighted by atomic mass is 9.90. The lowest BCUT2D eigenvalue weighted by molar-refractivity contribution is 0.0729. The Balaban J connectivity index is 1.21. The molecule has 0 radical (unpaired) electrons. The number of esters is 1. The van der Waals surface area contributed by atoms with Gasteiger partial charge in [-0.1, -0.05) is 59.8 Å². The third-order valence-electron chi connectivity index (χ3n) is 7.62. The SMILES string of the molecule is COc1ccc(/C=C\c2cc(OC)c(OC)c(OC)c2)cc1OC(=O)c1cccc(Cn2nnc3c2C(=O)c2ccccc2C3=O)c1. The molecule has 0 atom stereocenters. The zero-order valence-corrected chi connectivity index (χ0v) is 26.0. The first-order valence-corrected chi connectivity index (χ1v) is 14.4. The summed E-state index contributed by atoms with van der Waals surface area (Å²) in [6.45, 7) is 0.106. The van der Waals surface area contributed by atoms with Crippen LogP contribution in [0.15, 0.2) is 78.9 Å². The van der Waals surface area contributed by atoms with Crippen LogP contribution < -0.4 is 23.7 Å². The Bertz CT molecular complexity index is 2040. The van der Waals surface area contributed by atoms with Crippen LogP contribution in [0.2, 0.25) is 0 Å². The molecule has 236 valence electrons. The average molecular weight is 632 g/mol. The third-order valence-corrected chi connectivity index (χ3v) is 7.62. The van der Waals surface area contributed by atoms with Gasteiger partial charge in [-0.2, -0.15) is 0 Å². The molecule has 0 aliphatic heterocycles. The van der Waals surface area contributed by atoms with Gasteiger partial charge in [0.1, 0.15) is 5.69 Å². The highest BCUT2D eigenvalue weighted by Crippen LogP contribution is 2.39. The molecule has 1 aliphatic carbocycles. The van der Waals surface area contributed by atoms with E-state index in [0.29, 0.717) is 39.7 Å². The van der Waals surface area contributed by atoms with Gasteiger partial charge in [0.25, 0.3) is 0 Å². The highest BCUT2D eigenvalue weighted by molar-refractivity contribution is 6.26. The Morgan fingerprint density at radius 3 is 2.04 bits per heavy atom. The molecule has 0 N–H and O–H groups in total. The fraction of sp³-hybridized carbons (Fsp3) is 0.139. The first-order chi connectivity index (χ1) is 22.8. The molecule has 0 bridgehead atoms. The molecule has 5 aromatic rings. The van der Waals surface area contributed by atoms with E-state index in [-0.39, 0.29) is 40.8 Å². The Kier molecular flexibility index (Phi) is 8.52. The third kappa shape index (κ3) is 5.94. The van der Waals surface area contributed by atoms with Gasteiger partial charge in [0, 0.05) is 11.1 Å². The summed E-state index contributed by atoms with van der Waals surface area (Å²) in [6, 6.07) is 22.2. The van der Waals surface area contributed by atoms with Crippen LogP contribution in [0.5, 0.6) is 28.7 Å². The van der Waals surface area contributed by atoms with Crippen molar-refractivity contribution >= 4 is 29.7 Å². The molecule has 6 rings (SSSR count). The topological polar surface area (TPSA) is 128 Å². The van der Waals surface area contributed by atoms with Crippen molar-refractivity contribution in [2.24, 2.45) is 0 Å². The van der Waals surface area contributed by atoms with E-state index in [0.717, 1.165) is 11.1 Å². The minimum Gasteiger partial charge on any atom is -0.493 e. The normalized spacial score (nSPS) is 12.0. The zero-order valence-electron chi connectivity index (χ0n) is 26.0. The standard InChI is InChI=1S/C36H29N3O8/c1-43-27-15-14-21(12-13-22-18-29(44-2)35(46-4)30(19-22)45-3)17-28(27)47-36(42)24-9-7-8-23(16-24)20-39-32-31(37-38-39)33(40)25-10-5-6-11-26(25)34(32)41/h5-19H,20H2,1-4H3/b13-12-. The van der Waals surface area contributed by atoms with Gasteiger partial charge in [-0.3, -0.25) is 9.59 Å². The molecule has 0 saturated heterocycles.